The van der Waals surface area contributed by atoms with Crippen LogP contribution < -0.4 is 0 Å². The molecule has 0 bridgehead atoms. The Balaban J connectivity index is 0.000000181. The van der Waals surface area contributed by atoms with Crippen molar-refractivity contribution in [3.63, 3.8) is 0 Å². The number of hydrogen-bond acceptors (Lipinski definition) is 3. The zero-order chi connectivity index (χ0) is 12.5. The van der Waals surface area contributed by atoms with Crippen LogP contribution in [0.2, 0.25) is 0 Å². The molecule has 0 aromatic rings. The highest BCUT2D eigenvalue weighted by Crippen LogP contribution is 2.29. The molecule has 2 rings (SSSR count). The van der Waals surface area contributed by atoms with Gasteiger partial charge in [0, 0.05) is 19.3 Å². The summed E-state index contributed by atoms with van der Waals surface area (Å²) < 4.78 is 5.30. The van der Waals surface area contributed by atoms with Gasteiger partial charge in [-0.15, -0.1) is 0 Å². The van der Waals surface area contributed by atoms with Crippen molar-refractivity contribution in [2.45, 2.75) is 76.9 Å². The van der Waals surface area contributed by atoms with Crippen LogP contribution in [0.4, 0.5) is 0 Å². The molecule has 1 aliphatic heterocycles. The molecule has 17 heavy (non-hydrogen) atoms. The SMILES string of the molecule is CCCC1OC1CCC=O.O=C1CCCCC1. The van der Waals surface area contributed by atoms with E-state index in [0.717, 1.165) is 44.8 Å². The number of ether oxygens (including phenoxy) is 1. The van der Waals surface area contributed by atoms with E-state index < -0.39 is 0 Å². The lowest BCUT2D eigenvalue weighted by atomic mass is 10.00. The Labute approximate surface area is 104 Å². The van der Waals surface area contributed by atoms with Gasteiger partial charge in [-0.25, -0.2) is 0 Å². The Morgan fingerprint density at radius 2 is 1.82 bits per heavy atom. The van der Waals surface area contributed by atoms with Crippen LogP contribution in [0.15, 0.2) is 0 Å². The number of carbonyl (C=O) groups excluding carboxylic acids is 2. The average molecular weight is 240 g/mol. The average Bonchev–Trinajstić information content (AvgIpc) is 3.07. The van der Waals surface area contributed by atoms with Crippen molar-refractivity contribution < 1.29 is 14.3 Å². The molecule has 3 heteroatoms. The van der Waals surface area contributed by atoms with Crippen molar-refractivity contribution in [3.8, 4) is 0 Å². The fraction of sp³-hybridized carbons (Fsp3) is 0.857. The van der Waals surface area contributed by atoms with E-state index in [2.05, 4.69) is 6.92 Å². The lowest BCUT2D eigenvalue weighted by Crippen LogP contribution is -2.02. The largest absolute Gasteiger partial charge is 0.370 e. The second kappa shape index (κ2) is 8.40. The fourth-order valence-electron chi connectivity index (χ4n) is 2.15. The van der Waals surface area contributed by atoms with E-state index in [1.165, 1.54) is 12.8 Å². The first-order valence-electron chi connectivity index (χ1n) is 6.88. The van der Waals surface area contributed by atoms with Crippen LogP contribution in [0.5, 0.6) is 0 Å². The number of ketones is 1. The standard InChI is InChI=1S/C8H14O2.C6H10O/c1-2-4-7-8(10-7)5-3-6-9;7-6-4-2-1-3-5-6/h6-8H,2-5H2,1H3;1-5H2. The molecule has 0 aromatic carbocycles. The smallest absolute Gasteiger partial charge is 0.132 e. The Kier molecular flexibility index (Phi) is 7.10. The monoisotopic (exact) mass is 240 g/mol. The van der Waals surface area contributed by atoms with Crippen LogP contribution in [0, 0.1) is 0 Å². The summed E-state index contributed by atoms with van der Waals surface area (Å²) in [7, 11) is 0. The first-order valence-corrected chi connectivity index (χ1v) is 6.88. The molecular weight excluding hydrogens is 216 g/mol. The van der Waals surface area contributed by atoms with Crippen LogP contribution in [0.25, 0.3) is 0 Å². The highest BCUT2D eigenvalue weighted by atomic mass is 16.6. The molecule has 2 unspecified atom stereocenters. The second-order valence-electron chi connectivity index (χ2n) is 4.85. The van der Waals surface area contributed by atoms with Gasteiger partial charge in [-0.1, -0.05) is 19.8 Å². The van der Waals surface area contributed by atoms with Crippen molar-refractivity contribution in [2.75, 3.05) is 0 Å². The first kappa shape index (κ1) is 14.4. The quantitative estimate of drug-likeness (QED) is 0.548. The molecule has 0 aromatic heterocycles. The predicted molar refractivity (Wildman–Crippen MR) is 67.0 cm³/mol. The summed E-state index contributed by atoms with van der Waals surface area (Å²) >= 11 is 0. The molecule has 1 saturated heterocycles. The topological polar surface area (TPSA) is 46.7 Å². The fourth-order valence-corrected chi connectivity index (χ4v) is 2.15. The molecule has 0 N–H and O–H groups in total. The normalized spacial score (nSPS) is 27.0. The summed E-state index contributed by atoms with van der Waals surface area (Å²) in [6.07, 6.45) is 11.0. The van der Waals surface area contributed by atoms with Crippen LogP contribution in [-0.2, 0) is 14.3 Å². The van der Waals surface area contributed by atoms with E-state index in [1.54, 1.807) is 0 Å². The van der Waals surface area contributed by atoms with Crippen LogP contribution in [0.3, 0.4) is 0 Å². The van der Waals surface area contributed by atoms with Gasteiger partial charge in [0.05, 0.1) is 12.2 Å². The van der Waals surface area contributed by atoms with Gasteiger partial charge < -0.3 is 9.53 Å². The lowest BCUT2D eigenvalue weighted by molar-refractivity contribution is -0.120. The minimum absolute atomic E-state index is 0.408. The number of hydrogen-bond donors (Lipinski definition) is 0. The molecule has 2 fully saturated rings. The predicted octanol–water partition coefficient (Wildman–Crippen LogP) is 3.05. The van der Waals surface area contributed by atoms with Crippen molar-refractivity contribution >= 4 is 12.1 Å². The summed E-state index contributed by atoms with van der Waals surface area (Å²) in [6.45, 7) is 2.15. The number of rotatable bonds is 5. The first-order chi connectivity index (χ1) is 8.27. The van der Waals surface area contributed by atoms with E-state index in [-0.39, 0.29) is 0 Å². The number of carbonyl (C=O) groups is 2. The highest BCUT2D eigenvalue weighted by molar-refractivity contribution is 5.78. The van der Waals surface area contributed by atoms with Crippen LogP contribution in [-0.4, -0.2) is 24.3 Å². The molecule has 0 spiro atoms. The molecule has 2 aliphatic rings. The molecule has 1 heterocycles. The third-order valence-corrected chi connectivity index (χ3v) is 3.24. The summed E-state index contributed by atoms with van der Waals surface area (Å²) in [5.74, 6) is 0.464. The van der Waals surface area contributed by atoms with Gasteiger partial charge in [-0.3, -0.25) is 4.79 Å². The van der Waals surface area contributed by atoms with Gasteiger partial charge in [0.15, 0.2) is 0 Å². The van der Waals surface area contributed by atoms with Crippen molar-refractivity contribution in [1.29, 1.82) is 0 Å². The van der Waals surface area contributed by atoms with E-state index in [0.29, 0.717) is 24.4 Å². The summed E-state index contributed by atoms with van der Waals surface area (Å²) in [5.41, 5.74) is 0. The van der Waals surface area contributed by atoms with E-state index >= 15 is 0 Å². The zero-order valence-corrected chi connectivity index (χ0v) is 10.8. The Hall–Kier alpha value is -0.700. The van der Waals surface area contributed by atoms with E-state index in [9.17, 15) is 9.59 Å². The van der Waals surface area contributed by atoms with Crippen molar-refractivity contribution in [2.24, 2.45) is 0 Å². The molecule has 3 nitrogen and oxygen atoms in total. The summed E-state index contributed by atoms with van der Waals surface area (Å²) in [6, 6.07) is 0. The van der Waals surface area contributed by atoms with Gasteiger partial charge in [0.2, 0.25) is 0 Å². The third-order valence-electron chi connectivity index (χ3n) is 3.24. The van der Waals surface area contributed by atoms with E-state index in [4.69, 9.17) is 4.74 Å². The minimum atomic E-state index is 0.408. The Bertz CT molecular complexity index is 230. The summed E-state index contributed by atoms with van der Waals surface area (Å²) in [5, 5.41) is 0. The second-order valence-corrected chi connectivity index (χ2v) is 4.85. The number of aldehydes is 1. The van der Waals surface area contributed by atoms with E-state index in [1.807, 2.05) is 0 Å². The zero-order valence-electron chi connectivity index (χ0n) is 10.8. The summed E-state index contributed by atoms with van der Waals surface area (Å²) in [4.78, 5) is 20.4. The van der Waals surface area contributed by atoms with Crippen molar-refractivity contribution in [3.05, 3.63) is 0 Å². The minimum Gasteiger partial charge on any atom is -0.370 e. The molecule has 2 atom stereocenters. The van der Waals surface area contributed by atoms with Gasteiger partial charge in [-0.05, 0) is 25.7 Å². The van der Waals surface area contributed by atoms with Gasteiger partial charge in [0.1, 0.15) is 12.1 Å². The molecule has 1 aliphatic carbocycles. The molecular formula is C14H24O3. The van der Waals surface area contributed by atoms with Crippen LogP contribution in [0.1, 0.15) is 64.7 Å². The van der Waals surface area contributed by atoms with Crippen LogP contribution >= 0.6 is 0 Å². The maximum Gasteiger partial charge on any atom is 0.132 e. The third kappa shape index (κ3) is 6.57. The Morgan fingerprint density at radius 3 is 2.29 bits per heavy atom. The highest BCUT2D eigenvalue weighted by Gasteiger charge is 2.36. The van der Waals surface area contributed by atoms with Gasteiger partial charge >= 0.3 is 0 Å². The van der Waals surface area contributed by atoms with Gasteiger partial charge in [-0.2, -0.15) is 0 Å². The maximum atomic E-state index is 10.5. The molecule has 0 radical (unpaired) electrons. The lowest BCUT2D eigenvalue weighted by Gasteiger charge is -2.05. The molecule has 0 amide bonds. The van der Waals surface area contributed by atoms with Crippen molar-refractivity contribution in [1.82, 2.24) is 0 Å². The maximum absolute atomic E-state index is 10.5. The molecule has 1 saturated carbocycles. The molecule has 98 valence electrons. The van der Waals surface area contributed by atoms with Gasteiger partial charge in [0.25, 0.3) is 0 Å². The number of epoxide rings is 1. The number of Topliss-reactive ketones (excluding diaryl/α,β-unsaturated/α-hetero) is 1. The Morgan fingerprint density at radius 1 is 1.18 bits per heavy atom.